The summed E-state index contributed by atoms with van der Waals surface area (Å²) < 4.78 is 30.4. The van der Waals surface area contributed by atoms with E-state index in [-0.39, 0.29) is 11.2 Å². The van der Waals surface area contributed by atoms with Gasteiger partial charge < -0.3 is 24.8 Å². The van der Waals surface area contributed by atoms with Crippen LogP contribution in [0.1, 0.15) is 24.0 Å². The number of nitrogens with one attached hydrogen (secondary N) is 2. The van der Waals surface area contributed by atoms with E-state index in [1.807, 2.05) is 0 Å². The Morgan fingerprint density at radius 2 is 2.00 bits per heavy atom. The molecular formula is C19H24FN3O4S. The molecule has 2 aromatic rings. The number of aryl methyl sites for hydroxylation is 2. The van der Waals surface area contributed by atoms with E-state index in [4.69, 9.17) is 0 Å². The molecule has 1 aliphatic rings. The van der Waals surface area contributed by atoms with Crippen molar-refractivity contribution in [2.75, 3.05) is 16.6 Å². The van der Waals surface area contributed by atoms with Gasteiger partial charge in [-0.3, -0.25) is 4.79 Å². The lowest BCUT2D eigenvalue weighted by Gasteiger charge is -2.23. The Kier molecular flexibility index (Phi) is 5.60. The van der Waals surface area contributed by atoms with Crippen LogP contribution in [0.15, 0.2) is 29.2 Å². The van der Waals surface area contributed by atoms with Crippen LogP contribution in [0, 0.1) is 19.7 Å². The molecule has 0 spiro atoms. The van der Waals surface area contributed by atoms with Crippen LogP contribution >= 0.6 is 0 Å². The first-order valence-electron chi connectivity index (χ1n) is 8.90. The molecule has 0 radical (unpaired) electrons. The molecule has 28 heavy (non-hydrogen) atoms. The molecule has 9 heteroatoms. The number of aliphatic hydroxyl groups excluding tert-OH is 2. The highest BCUT2D eigenvalue weighted by molar-refractivity contribution is 7.88. The monoisotopic (exact) mass is 409 g/mol. The average molecular weight is 409 g/mol. The van der Waals surface area contributed by atoms with Crippen molar-refractivity contribution in [3.8, 4) is 0 Å². The Bertz CT molecular complexity index is 988. The Morgan fingerprint density at radius 3 is 2.57 bits per heavy atom. The number of hydrogen-bond acceptors (Lipinski definition) is 5. The molecule has 2 unspecified atom stereocenters. The number of halogens is 1. The van der Waals surface area contributed by atoms with Crippen LogP contribution in [0.25, 0.3) is 0 Å². The van der Waals surface area contributed by atoms with Crippen LogP contribution in [0.5, 0.6) is 0 Å². The van der Waals surface area contributed by atoms with Gasteiger partial charge in [0, 0.05) is 18.8 Å². The summed E-state index contributed by atoms with van der Waals surface area (Å²) in [6, 6.07) is 4.69. The van der Waals surface area contributed by atoms with E-state index < -0.39 is 34.3 Å². The molecule has 1 aromatic carbocycles. The lowest BCUT2D eigenvalue weighted by molar-refractivity contribution is 0.0866. The quantitative estimate of drug-likeness (QED) is 0.559. The summed E-state index contributed by atoms with van der Waals surface area (Å²) in [7, 11) is -0.145. The summed E-state index contributed by atoms with van der Waals surface area (Å²) in [6.45, 7) is 2.88. The van der Waals surface area contributed by atoms with Crippen molar-refractivity contribution in [2.45, 2.75) is 37.5 Å². The second-order valence-electron chi connectivity index (χ2n) is 7.20. The summed E-state index contributed by atoms with van der Waals surface area (Å²) in [5, 5.41) is 22.2. The fraction of sp³-hybridized carbons (Fsp3) is 0.421. The Labute approximate surface area is 164 Å². The number of aliphatic hydroxyl groups is 2. The Morgan fingerprint density at radius 1 is 1.32 bits per heavy atom. The third kappa shape index (κ3) is 3.69. The van der Waals surface area contributed by atoms with Gasteiger partial charge in [-0.15, -0.1) is 0 Å². The number of hydrogen-bond donors (Lipinski definition) is 4. The van der Waals surface area contributed by atoms with Gasteiger partial charge in [-0.25, -0.2) is 8.60 Å². The molecular weight excluding hydrogens is 385 g/mol. The number of rotatable bonds is 7. The highest BCUT2D eigenvalue weighted by Crippen LogP contribution is 2.45. The van der Waals surface area contributed by atoms with E-state index in [9.17, 15) is 23.6 Å². The normalized spacial score (nSPS) is 17.1. The highest BCUT2D eigenvalue weighted by Gasteiger charge is 2.54. The number of pyridine rings is 1. The van der Waals surface area contributed by atoms with Crippen LogP contribution in [0.2, 0.25) is 0 Å². The van der Waals surface area contributed by atoms with Gasteiger partial charge in [-0.1, -0.05) is 6.07 Å². The largest absolute Gasteiger partial charge is 0.394 e. The zero-order valence-electron chi connectivity index (χ0n) is 16.0. The summed E-state index contributed by atoms with van der Waals surface area (Å²) in [6.07, 6.45) is 1.38. The number of benzene rings is 1. The minimum atomic E-state index is -1.71. The molecule has 0 aliphatic heterocycles. The maximum absolute atomic E-state index is 14.3. The predicted octanol–water partition coefficient (Wildman–Crippen LogP) is 1.85. The second kappa shape index (κ2) is 7.65. The molecule has 4 N–H and O–H groups in total. The maximum atomic E-state index is 14.3. The summed E-state index contributed by atoms with van der Waals surface area (Å²) in [5.41, 5.74) is 1.66. The molecule has 1 fully saturated rings. The van der Waals surface area contributed by atoms with Crippen LogP contribution in [0.3, 0.4) is 0 Å². The molecule has 1 saturated carbocycles. The maximum Gasteiger partial charge on any atom is 0.255 e. The van der Waals surface area contributed by atoms with Crippen LogP contribution in [-0.4, -0.2) is 36.4 Å². The van der Waals surface area contributed by atoms with Crippen molar-refractivity contribution in [1.82, 2.24) is 4.57 Å². The Balaban J connectivity index is 1.99. The molecule has 3 rings (SSSR count). The van der Waals surface area contributed by atoms with E-state index in [2.05, 4.69) is 10.0 Å². The van der Waals surface area contributed by atoms with E-state index in [0.717, 1.165) is 5.56 Å². The third-order valence-corrected chi connectivity index (χ3v) is 6.91. The van der Waals surface area contributed by atoms with Gasteiger partial charge in [0.15, 0.2) is 0 Å². The number of aromatic nitrogens is 1. The summed E-state index contributed by atoms with van der Waals surface area (Å²) in [5.74, 6) is -0.471. The minimum Gasteiger partial charge on any atom is -0.394 e. The highest BCUT2D eigenvalue weighted by atomic mass is 32.2. The fourth-order valence-electron chi connectivity index (χ4n) is 3.12. The molecule has 0 bridgehead atoms. The molecule has 7 nitrogen and oxygen atoms in total. The van der Waals surface area contributed by atoms with Crippen molar-refractivity contribution >= 4 is 28.0 Å². The van der Waals surface area contributed by atoms with Gasteiger partial charge in [0.05, 0.1) is 34.5 Å². The third-order valence-electron chi connectivity index (χ3n) is 5.09. The van der Waals surface area contributed by atoms with Crippen molar-refractivity contribution in [2.24, 2.45) is 7.05 Å². The van der Waals surface area contributed by atoms with E-state index >= 15 is 0 Å². The van der Waals surface area contributed by atoms with Gasteiger partial charge in [-0.05, 0) is 44.4 Å². The smallest absolute Gasteiger partial charge is 0.255 e. The SMILES string of the molecule is Cc1ccc(Nc2c(NS(=O)C3(C(O)CO)CC3)cn(C)c(=O)c2C)c(F)c1. The molecule has 152 valence electrons. The molecule has 0 amide bonds. The van der Waals surface area contributed by atoms with E-state index in [0.29, 0.717) is 29.8 Å². The fourth-order valence-corrected chi connectivity index (χ4v) is 4.47. The first-order chi connectivity index (χ1) is 13.2. The van der Waals surface area contributed by atoms with Gasteiger partial charge in [0.2, 0.25) is 0 Å². The predicted molar refractivity (Wildman–Crippen MR) is 108 cm³/mol. The standard InChI is InChI=1S/C19H24FN3O4S/c1-11-4-5-14(13(20)8-11)21-17-12(2)18(26)23(3)9-15(17)22-28(27)19(6-7-19)16(25)10-24/h4-5,8-9,16,21-22,24-25H,6-7,10H2,1-3H3. The van der Waals surface area contributed by atoms with Gasteiger partial charge in [0.25, 0.3) is 5.56 Å². The Hall–Kier alpha value is -2.23. The molecule has 1 aromatic heterocycles. The van der Waals surface area contributed by atoms with Crippen LogP contribution < -0.4 is 15.6 Å². The average Bonchev–Trinajstić information content (AvgIpc) is 3.46. The number of nitrogens with zero attached hydrogens (tertiary/aromatic N) is 1. The first kappa shape index (κ1) is 20.5. The molecule has 2 atom stereocenters. The van der Waals surface area contributed by atoms with E-state index in [1.54, 1.807) is 33.0 Å². The summed E-state index contributed by atoms with van der Waals surface area (Å²) >= 11 is 0. The topological polar surface area (TPSA) is 104 Å². The lowest BCUT2D eigenvalue weighted by atomic mass is 10.2. The van der Waals surface area contributed by atoms with Crippen molar-refractivity contribution < 1.29 is 18.8 Å². The van der Waals surface area contributed by atoms with Crippen LogP contribution in [-0.2, 0) is 18.0 Å². The number of anilines is 3. The van der Waals surface area contributed by atoms with Crippen molar-refractivity contribution in [3.63, 3.8) is 0 Å². The van der Waals surface area contributed by atoms with Crippen molar-refractivity contribution in [3.05, 3.63) is 51.7 Å². The molecule has 1 aliphatic carbocycles. The molecule has 1 heterocycles. The zero-order chi connectivity index (χ0) is 20.6. The zero-order valence-corrected chi connectivity index (χ0v) is 16.8. The van der Waals surface area contributed by atoms with Crippen molar-refractivity contribution in [1.29, 1.82) is 0 Å². The lowest BCUT2D eigenvalue weighted by Crippen LogP contribution is -2.38. The van der Waals surface area contributed by atoms with Gasteiger partial charge >= 0.3 is 0 Å². The second-order valence-corrected chi connectivity index (χ2v) is 8.76. The summed E-state index contributed by atoms with van der Waals surface area (Å²) in [4.78, 5) is 12.4. The minimum absolute atomic E-state index is 0.187. The van der Waals surface area contributed by atoms with E-state index in [1.165, 1.54) is 16.8 Å². The molecule has 0 saturated heterocycles. The first-order valence-corrected chi connectivity index (χ1v) is 10.1. The van der Waals surface area contributed by atoms with Gasteiger partial charge in [0.1, 0.15) is 16.8 Å². The van der Waals surface area contributed by atoms with Gasteiger partial charge in [-0.2, -0.15) is 0 Å². The van der Waals surface area contributed by atoms with Crippen LogP contribution in [0.4, 0.5) is 21.5 Å².